The van der Waals surface area contributed by atoms with E-state index in [4.69, 9.17) is 28.4 Å². The van der Waals surface area contributed by atoms with E-state index in [2.05, 4.69) is 27.7 Å². The highest BCUT2D eigenvalue weighted by atomic mass is 16.6. The predicted molar refractivity (Wildman–Crippen MR) is 195 cm³/mol. The maximum atomic E-state index is 9.86. The molecule has 0 bridgehead atoms. The second-order valence-electron chi connectivity index (χ2n) is 14.4. The van der Waals surface area contributed by atoms with Crippen LogP contribution in [0.2, 0.25) is 0 Å². The van der Waals surface area contributed by atoms with Gasteiger partial charge in [-0.3, -0.25) is 0 Å². The molecule has 0 amide bonds. The van der Waals surface area contributed by atoms with Crippen molar-refractivity contribution in [3.05, 3.63) is 0 Å². The Kier molecular flexibility index (Phi) is 29.1. The number of aliphatic hydroxyl groups is 1. The topological polar surface area (TPSA) is 82.2 Å². The standard InChI is InChI=1S/C15H28O3.2C9H16O2.2C3H8.CH4/c16-13(11-17-14-7-3-1-4-8-14)12-18-15-9-5-2-6-10-15;2*1-2-4-8(5-3-1)10-6-9-7-11-9;2*1-3-2;/h13-16H,1-12H2;2*8-9H,1-7H2;2*3H2,1-2H3;1H4. The molecule has 4 aliphatic carbocycles. The van der Waals surface area contributed by atoms with Crippen LogP contribution in [0.3, 0.4) is 0 Å². The molecule has 0 spiro atoms. The quantitative estimate of drug-likeness (QED) is 0.207. The first kappa shape index (κ1) is 44.7. The molecule has 0 radical (unpaired) electrons. The maximum Gasteiger partial charge on any atom is 0.104 e. The van der Waals surface area contributed by atoms with Gasteiger partial charge in [0.1, 0.15) is 18.3 Å². The number of ether oxygens (including phenoxy) is 6. The lowest BCUT2D eigenvalue weighted by molar-refractivity contribution is -0.0731. The molecule has 0 aromatic heterocycles. The van der Waals surface area contributed by atoms with Crippen molar-refractivity contribution in [2.75, 3.05) is 39.6 Å². The monoisotopic (exact) mass is 673 g/mol. The fourth-order valence-corrected chi connectivity index (χ4v) is 6.28. The summed E-state index contributed by atoms with van der Waals surface area (Å²) >= 11 is 0. The van der Waals surface area contributed by atoms with Crippen molar-refractivity contribution in [1.29, 1.82) is 0 Å². The summed E-state index contributed by atoms with van der Waals surface area (Å²) in [5.41, 5.74) is 0. The molecule has 4 saturated carbocycles. The molecule has 0 aromatic rings. The van der Waals surface area contributed by atoms with Crippen molar-refractivity contribution in [2.24, 2.45) is 0 Å². The van der Waals surface area contributed by atoms with Crippen molar-refractivity contribution in [3.63, 3.8) is 0 Å². The van der Waals surface area contributed by atoms with E-state index in [0.717, 1.165) is 52.1 Å². The summed E-state index contributed by atoms with van der Waals surface area (Å²) in [4.78, 5) is 0. The van der Waals surface area contributed by atoms with E-state index in [-0.39, 0.29) is 7.43 Å². The van der Waals surface area contributed by atoms with Gasteiger partial charge in [-0.25, -0.2) is 0 Å². The highest BCUT2D eigenvalue weighted by Gasteiger charge is 2.25. The van der Waals surface area contributed by atoms with E-state index in [1.165, 1.54) is 116 Å². The third kappa shape index (κ3) is 26.2. The van der Waals surface area contributed by atoms with E-state index < -0.39 is 6.10 Å². The molecule has 0 aromatic carbocycles. The Morgan fingerprint density at radius 3 is 0.936 bits per heavy atom. The molecular formula is C40H80O7. The van der Waals surface area contributed by atoms with Crippen LogP contribution in [-0.4, -0.2) is 87.5 Å². The maximum absolute atomic E-state index is 9.86. The lowest BCUT2D eigenvalue weighted by Gasteiger charge is -2.25. The van der Waals surface area contributed by atoms with Gasteiger partial charge in [0.15, 0.2) is 0 Å². The Labute approximate surface area is 291 Å². The molecule has 2 atom stereocenters. The van der Waals surface area contributed by atoms with Gasteiger partial charge in [-0.1, -0.05) is 125 Å². The molecule has 6 rings (SSSR count). The Balaban J connectivity index is 0.000000332. The van der Waals surface area contributed by atoms with E-state index in [1.54, 1.807) is 0 Å². The number of hydrogen-bond donors (Lipinski definition) is 1. The smallest absolute Gasteiger partial charge is 0.104 e. The molecule has 6 fully saturated rings. The van der Waals surface area contributed by atoms with E-state index in [0.29, 0.717) is 49.8 Å². The normalized spacial score (nSPS) is 24.9. The molecule has 7 heteroatoms. The fourth-order valence-electron chi connectivity index (χ4n) is 6.28. The van der Waals surface area contributed by atoms with Gasteiger partial charge in [-0.2, -0.15) is 0 Å². The second-order valence-corrected chi connectivity index (χ2v) is 14.4. The minimum atomic E-state index is -0.450. The van der Waals surface area contributed by atoms with Crippen LogP contribution in [0.5, 0.6) is 0 Å². The van der Waals surface area contributed by atoms with Crippen LogP contribution in [-0.2, 0) is 28.4 Å². The van der Waals surface area contributed by atoms with Crippen LogP contribution in [0.25, 0.3) is 0 Å². The van der Waals surface area contributed by atoms with Gasteiger partial charge in [-0.15, -0.1) is 0 Å². The highest BCUT2D eigenvalue weighted by molar-refractivity contribution is 4.72. The molecule has 47 heavy (non-hydrogen) atoms. The lowest BCUT2D eigenvalue weighted by atomic mass is 9.98. The minimum absolute atomic E-state index is 0. The highest BCUT2D eigenvalue weighted by Crippen LogP contribution is 2.24. The first-order valence-corrected chi connectivity index (χ1v) is 19.9. The van der Waals surface area contributed by atoms with E-state index in [9.17, 15) is 5.11 Å². The summed E-state index contributed by atoms with van der Waals surface area (Å²) in [6.07, 6.45) is 30.5. The van der Waals surface area contributed by atoms with Crippen LogP contribution < -0.4 is 0 Å². The van der Waals surface area contributed by atoms with Gasteiger partial charge in [0.2, 0.25) is 0 Å². The molecule has 2 aliphatic heterocycles. The van der Waals surface area contributed by atoms with Crippen LogP contribution in [0.4, 0.5) is 0 Å². The number of rotatable bonds is 12. The molecule has 7 nitrogen and oxygen atoms in total. The van der Waals surface area contributed by atoms with Crippen molar-refractivity contribution in [3.8, 4) is 0 Å². The summed E-state index contributed by atoms with van der Waals surface area (Å²) in [5.74, 6) is 0. The minimum Gasteiger partial charge on any atom is -0.388 e. The van der Waals surface area contributed by atoms with E-state index >= 15 is 0 Å². The largest absolute Gasteiger partial charge is 0.388 e. The molecule has 6 aliphatic rings. The second kappa shape index (κ2) is 30.5. The zero-order chi connectivity index (χ0) is 33.1. The average molecular weight is 673 g/mol. The number of epoxide rings is 2. The van der Waals surface area contributed by atoms with Gasteiger partial charge >= 0.3 is 0 Å². The first-order valence-electron chi connectivity index (χ1n) is 19.9. The lowest BCUT2D eigenvalue weighted by Crippen LogP contribution is -2.29. The van der Waals surface area contributed by atoms with Gasteiger partial charge < -0.3 is 33.5 Å². The van der Waals surface area contributed by atoms with Gasteiger partial charge in [0, 0.05) is 0 Å². The van der Waals surface area contributed by atoms with Crippen molar-refractivity contribution in [2.45, 2.75) is 219 Å². The molecule has 2 heterocycles. The molecule has 2 saturated heterocycles. The molecule has 1 N–H and O–H groups in total. The van der Waals surface area contributed by atoms with Gasteiger partial charge in [-0.05, 0) is 51.4 Å². The third-order valence-electron chi connectivity index (χ3n) is 9.10. The zero-order valence-electron chi connectivity index (χ0n) is 30.7. The van der Waals surface area contributed by atoms with Crippen molar-refractivity contribution in [1.82, 2.24) is 0 Å². The number of hydrogen-bond acceptors (Lipinski definition) is 7. The van der Waals surface area contributed by atoms with E-state index in [1.807, 2.05) is 0 Å². The fraction of sp³-hybridized carbons (Fsp3) is 1.00. The van der Waals surface area contributed by atoms with Crippen molar-refractivity contribution < 1.29 is 33.5 Å². The summed E-state index contributed by atoms with van der Waals surface area (Å²) in [6.45, 7) is 12.9. The van der Waals surface area contributed by atoms with Crippen LogP contribution in [0.1, 0.15) is 176 Å². The molecule has 2 unspecified atom stereocenters. The summed E-state index contributed by atoms with van der Waals surface area (Å²) < 4.78 is 33.0. The number of aliphatic hydroxyl groups excluding tert-OH is 1. The van der Waals surface area contributed by atoms with Crippen LogP contribution >= 0.6 is 0 Å². The predicted octanol–water partition coefficient (Wildman–Crippen LogP) is 9.98. The van der Waals surface area contributed by atoms with Crippen molar-refractivity contribution >= 4 is 0 Å². The summed E-state index contributed by atoms with van der Waals surface area (Å²) in [5, 5.41) is 9.86. The Bertz CT molecular complexity index is 578. The van der Waals surface area contributed by atoms with Crippen LogP contribution in [0, 0.1) is 0 Å². The molecular weight excluding hydrogens is 592 g/mol. The summed E-state index contributed by atoms with van der Waals surface area (Å²) in [6, 6.07) is 0. The first-order chi connectivity index (χ1) is 22.6. The van der Waals surface area contributed by atoms with Crippen LogP contribution in [0.15, 0.2) is 0 Å². The third-order valence-corrected chi connectivity index (χ3v) is 9.10. The van der Waals surface area contributed by atoms with Gasteiger partial charge in [0.05, 0.1) is 64.1 Å². The molecule has 282 valence electrons. The van der Waals surface area contributed by atoms with Gasteiger partial charge in [0.25, 0.3) is 0 Å². The Hall–Kier alpha value is -0.280. The Morgan fingerprint density at radius 2 is 0.702 bits per heavy atom. The SMILES string of the molecule is C.C1CCC(OCC2CO2)CC1.C1CCC(OCC2CO2)CC1.CCC.CCC.OC(COC1CCCCC1)COC1CCCCC1. The summed E-state index contributed by atoms with van der Waals surface area (Å²) in [7, 11) is 0. The Morgan fingerprint density at radius 1 is 0.468 bits per heavy atom. The zero-order valence-corrected chi connectivity index (χ0v) is 30.7. The average Bonchev–Trinajstić information content (AvgIpc) is 4.04.